The van der Waals surface area contributed by atoms with Crippen LogP contribution in [0.1, 0.15) is 45.4 Å². The van der Waals surface area contributed by atoms with Gasteiger partial charge in [-0.15, -0.1) is 0 Å². The Hall–Kier alpha value is -0.830. The molecule has 0 aromatic rings. The second kappa shape index (κ2) is 6.20. The highest BCUT2D eigenvalue weighted by Gasteiger charge is 2.22. The van der Waals surface area contributed by atoms with Crippen LogP contribution in [0, 0.1) is 0 Å². The van der Waals surface area contributed by atoms with Gasteiger partial charge in [-0.05, 0) is 25.7 Å². The average Bonchev–Trinajstić information content (AvgIpc) is 2.38. The quantitative estimate of drug-likeness (QED) is 0.752. The normalized spacial score (nSPS) is 25.9. The number of likely N-dealkylation sites (tertiary alicyclic amines) is 1. The number of ketones is 1. The van der Waals surface area contributed by atoms with Crippen molar-refractivity contribution in [1.82, 2.24) is 4.90 Å². The van der Waals surface area contributed by atoms with Crippen molar-refractivity contribution in [3.8, 4) is 0 Å². The van der Waals surface area contributed by atoms with Crippen LogP contribution in [-0.4, -0.2) is 36.5 Å². The van der Waals surface area contributed by atoms with Crippen LogP contribution in [0.3, 0.4) is 0 Å². The Kier molecular flexibility index (Phi) is 4.60. The van der Waals surface area contributed by atoms with E-state index in [-0.39, 0.29) is 0 Å². The molecule has 1 saturated heterocycles. The van der Waals surface area contributed by atoms with Crippen molar-refractivity contribution in [2.45, 2.75) is 51.6 Å². The molecule has 3 heteroatoms. The molecule has 0 aromatic carbocycles. The largest absolute Gasteiger partial charge is 0.378 e. The lowest BCUT2D eigenvalue weighted by atomic mass is 9.99. The topological polar surface area (TPSA) is 29.5 Å². The molecule has 0 aromatic heterocycles. The summed E-state index contributed by atoms with van der Waals surface area (Å²) in [4.78, 5) is 13.6. The van der Waals surface area contributed by atoms with E-state index in [1.165, 1.54) is 5.70 Å². The molecular formula is C14H23NO2. The maximum atomic E-state index is 11.2. The summed E-state index contributed by atoms with van der Waals surface area (Å²) in [5.41, 5.74) is 1.44. The maximum Gasteiger partial charge on any atom is 0.136 e. The first-order chi connectivity index (χ1) is 8.29. The molecule has 1 aliphatic carbocycles. The van der Waals surface area contributed by atoms with Gasteiger partial charge in [-0.25, -0.2) is 0 Å². The van der Waals surface area contributed by atoms with E-state index in [0.717, 1.165) is 58.2 Å². The van der Waals surface area contributed by atoms with Gasteiger partial charge in [-0.3, -0.25) is 4.79 Å². The van der Waals surface area contributed by atoms with Crippen LogP contribution in [0.2, 0.25) is 0 Å². The Balaban J connectivity index is 1.79. The minimum Gasteiger partial charge on any atom is -0.378 e. The van der Waals surface area contributed by atoms with Crippen molar-refractivity contribution in [1.29, 1.82) is 0 Å². The first-order valence-corrected chi connectivity index (χ1v) is 6.87. The molecule has 0 bridgehead atoms. The smallest absolute Gasteiger partial charge is 0.136 e. The molecule has 0 spiro atoms. The third kappa shape index (κ3) is 3.56. The summed E-state index contributed by atoms with van der Waals surface area (Å²) in [5.74, 6) is 0.418. The summed E-state index contributed by atoms with van der Waals surface area (Å²) in [6, 6.07) is 0. The zero-order valence-electron chi connectivity index (χ0n) is 10.8. The van der Waals surface area contributed by atoms with Gasteiger partial charge in [-0.1, -0.05) is 13.0 Å². The van der Waals surface area contributed by atoms with Crippen molar-refractivity contribution >= 4 is 5.78 Å². The molecule has 0 N–H and O–H groups in total. The predicted molar refractivity (Wildman–Crippen MR) is 67.8 cm³/mol. The number of ether oxygens (including phenoxy) is 1. The summed E-state index contributed by atoms with van der Waals surface area (Å²) < 4.78 is 5.77. The number of allylic oxidation sites excluding steroid dienone is 1. The Morgan fingerprint density at radius 1 is 1.35 bits per heavy atom. The molecule has 0 saturated carbocycles. The van der Waals surface area contributed by atoms with Crippen LogP contribution in [0.25, 0.3) is 0 Å². The third-order valence-electron chi connectivity index (χ3n) is 3.62. The fraction of sp³-hybridized carbons (Fsp3) is 0.786. The summed E-state index contributed by atoms with van der Waals surface area (Å²) in [7, 11) is 0. The predicted octanol–water partition coefficient (Wildman–Crippen LogP) is 2.51. The van der Waals surface area contributed by atoms with E-state index in [9.17, 15) is 4.79 Å². The number of Topliss-reactive ketones (excluding diaryl/α,β-unsaturated/α-hetero) is 1. The highest BCUT2D eigenvalue weighted by Crippen LogP contribution is 2.25. The van der Waals surface area contributed by atoms with Gasteiger partial charge in [0.15, 0.2) is 0 Å². The van der Waals surface area contributed by atoms with Crippen molar-refractivity contribution in [3.05, 3.63) is 11.8 Å². The van der Waals surface area contributed by atoms with E-state index in [0.29, 0.717) is 11.9 Å². The number of hydrogen-bond donors (Lipinski definition) is 0. The molecule has 17 heavy (non-hydrogen) atoms. The second-order valence-corrected chi connectivity index (χ2v) is 4.99. The molecular weight excluding hydrogens is 214 g/mol. The highest BCUT2D eigenvalue weighted by molar-refractivity contribution is 5.79. The van der Waals surface area contributed by atoms with Crippen molar-refractivity contribution in [2.24, 2.45) is 0 Å². The summed E-state index contributed by atoms with van der Waals surface area (Å²) in [6.07, 6.45) is 8.59. The van der Waals surface area contributed by atoms with Crippen LogP contribution in [0.5, 0.6) is 0 Å². The standard InChI is InChI=1S/C14H23NO2/c1-2-11-17-14-5-3-12(4-6-14)15-9-7-13(16)8-10-15/h3,14H,2,4-11H2,1H3/t14-/m0/s1. The van der Waals surface area contributed by atoms with Crippen LogP contribution in [-0.2, 0) is 9.53 Å². The van der Waals surface area contributed by atoms with E-state index >= 15 is 0 Å². The molecule has 0 amide bonds. The maximum absolute atomic E-state index is 11.2. The fourth-order valence-electron chi connectivity index (χ4n) is 2.56. The second-order valence-electron chi connectivity index (χ2n) is 4.99. The molecule has 0 radical (unpaired) electrons. The van der Waals surface area contributed by atoms with Gasteiger partial charge in [0, 0.05) is 38.2 Å². The van der Waals surface area contributed by atoms with Gasteiger partial charge in [0.25, 0.3) is 0 Å². The van der Waals surface area contributed by atoms with Gasteiger partial charge >= 0.3 is 0 Å². The van der Waals surface area contributed by atoms with E-state index in [1.54, 1.807) is 0 Å². The lowest BCUT2D eigenvalue weighted by Gasteiger charge is -2.33. The zero-order chi connectivity index (χ0) is 12.1. The van der Waals surface area contributed by atoms with Crippen molar-refractivity contribution in [2.75, 3.05) is 19.7 Å². The highest BCUT2D eigenvalue weighted by atomic mass is 16.5. The van der Waals surface area contributed by atoms with Crippen LogP contribution in [0.4, 0.5) is 0 Å². The van der Waals surface area contributed by atoms with E-state index in [2.05, 4.69) is 17.9 Å². The molecule has 2 rings (SSSR count). The number of hydrogen-bond acceptors (Lipinski definition) is 3. The van der Waals surface area contributed by atoms with E-state index < -0.39 is 0 Å². The molecule has 0 unspecified atom stereocenters. The van der Waals surface area contributed by atoms with E-state index in [1.807, 2.05) is 0 Å². The van der Waals surface area contributed by atoms with Crippen molar-refractivity contribution < 1.29 is 9.53 Å². The molecule has 96 valence electrons. The van der Waals surface area contributed by atoms with Crippen LogP contribution >= 0.6 is 0 Å². The van der Waals surface area contributed by atoms with Gasteiger partial charge < -0.3 is 9.64 Å². The van der Waals surface area contributed by atoms with Gasteiger partial charge in [0.1, 0.15) is 5.78 Å². The Bertz CT molecular complexity index is 289. The monoisotopic (exact) mass is 237 g/mol. The minimum atomic E-state index is 0.418. The number of piperidine rings is 1. The number of rotatable bonds is 4. The first-order valence-electron chi connectivity index (χ1n) is 6.87. The lowest BCUT2D eigenvalue weighted by Crippen LogP contribution is -2.34. The lowest BCUT2D eigenvalue weighted by molar-refractivity contribution is -0.121. The van der Waals surface area contributed by atoms with Gasteiger partial charge in [0.05, 0.1) is 6.10 Å². The number of carbonyl (C=O) groups is 1. The molecule has 3 nitrogen and oxygen atoms in total. The molecule has 1 fully saturated rings. The summed E-state index contributed by atoms with van der Waals surface area (Å²) in [5, 5.41) is 0. The van der Waals surface area contributed by atoms with Crippen LogP contribution in [0.15, 0.2) is 11.8 Å². The third-order valence-corrected chi connectivity index (χ3v) is 3.62. The Morgan fingerprint density at radius 3 is 2.71 bits per heavy atom. The Morgan fingerprint density at radius 2 is 2.12 bits per heavy atom. The number of carbonyl (C=O) groups excluding carboxylic acids is 1. The summed E-state index contributed by atoms with van der Waals surface area (Å²) >= 11 is 0. The minimum absolute atomic E-state index is 0.418. The molecule has 1 heterocycles. The summed E-state index contributed by atoms with van der Waals surface area (Å²) in [6.45, 7) is 4.87. The molecule has 1 aliphatic heterocycles. The molecule has 2 aliphatic rings. The zero-order valence-corrected chi connectivity index (χ0v) is 10.8. The number of nitrogens with zero attached hydrogens (tertiary/aromatic N) is 1. The van der Waals surface area contributed by atoms with E-state index in [4.69, 9.17) is 4.74 Å². The molecule has 1 atom stereocenters. The van der Waals surface area contributed by atoms with Crippen LogP contribution < -0.4 is 0 Å². The average molecular weight is 237 g/mol. The fourth-order valence-corrected chi connectivity index (χ4v) is 2.56. The van der Waals surface area contributed by atoms with Crippen molar-refractivity contribution in [3.63, 3.8) is 0 Å². The first kappa shape index (κ1) is 12.6. The Labute approximate surface area is 104 Å². The van der Waals surface area contributed by atoms with Gasteiger partial charge in [-0.2, -0.15) is 0 Å². The van der Waals surface area contributed by atoms with Gasteiger partial charge in [0.2, 0.25) is 0 Å². The SMILES string of the molecule is CCCO[C@H]1CC=C(N2CCC(=O)CC2)CC1.